The number of hydrogen-bond donors (Lipinski definition) is 2. The lowest BCUT2D eigenvalue weighted by Gasteiger charge is -2.09. The van der Waals surface area contributed by atoms with Crippen LogP contribution in [0.25, 0.3) is 0 Å². The molecule has 8 heteroatoms. The van der Waals surface area contributed by atoms with Gasteiger partial charge in [-0.3, -0.25) is 0 Å². The van der Waals surface area contributed by atoms with Crippen molar-refractivity contribution in [2.24, 2.45) is 0 Å². The second-order valence-corrected chi connectivity index (χ2v) is 4.79. The number of benzene rings is 1. The van der Waals surface area contributed by atoms with Crippen molar-refractivity contribution in [1.29, 1.82) is 0 Å². The minimum absolute atomic E-state index is 0.0783. The van der Waals surface area contributed by atoms with Gasteiger partial charge in [-0.1, -0.05) is 5.16 Å². The van der Waals surface area contributed by atoms with Crippen LogP contribution in [0.3, 0.4) is 0 Å². The van der Waals surface area contributed by atoms with Crippen LogP contribution in [0.5, 0.6) is 0 Å². The zero-order valence-electron chi connectivity index (χ0n) is 10.5. The number of aromatic carboxylic acids is 1. The maximum Gasteiger partial charge on any atom is 0.336 e. The molecule has 0 aliphatic rings. The van der Waals surface area contributed by atoms with Gasteiger partial charge in [-0.15, -0.1) is 0 Å². The summed E-state index contributed by atoms with van der Waals surface area (Å²) in [5.41, 5.74) is 0.0870. The normalized spacial score (nSPS) is 10.6. The number of carbonyl (C=O) groups is 1. The third-order valence-electron chi connectivity index (χ3n) is 2.55. The standard InChI is InChI=1S/C12H11BrFN3O3/c1-6-16-9(17-20-6)4-5-15-8-3-2-7(12(18)19)10(13)11(8)14/h2-3,15H,4-5H2,1H3,(H,18,19). The van der Waals surface area contributed by atoms with Crippen molar-refractivity contribution in [2.45, 2.75) is 13.3 Å². The van der Waals surface area contributed by atoms with E-state index in [2.05, 4.69) is 31.4 Å². The highest BCUT2D eigenvalue weighted by Crippen LogP contribution is 2.27. The molecule has 106 valence electrons. The van der Waals surface area contributed by atoms with Crippen LogP contribution in [0.2, 0.25) is 0 Å². The van der Waals surface area contributed by atoms with E-state index in [1.165, 1.54) is 12.1 Å². The summed E-state index contributed by atoms with van der Waals surface area (Å²) in [7, 11) is 0. The van der Waals surface area contributed by atoms with Gasteiger partial charge in [0.25, 0.3) is 0 Å². The van der Waals surface area contributed by atoms with Crippen molar-refractivity contribution in [2.75, 3.05) is 11.9 Å². The van der Waals surface area contributed by atoms with E-state index >= 15 is 0 Å². The Balaban J connectivity index is 2.03. The summed E-state index contributed by atoms with van der Waals surface area (Å²) < 4.78 is 18.7. The van der Waals surface area contributed by atoms with Crippen LogP contribution in [-0.4, -0.2) is 27.8 Å². The minimum Gasteiger partial charge on any atom is -0.478 e. The lowest BCUT2D eigenvalue weighted by Crippen LogP contribution is -2.09. The smallest absolute Gasteiger partial charge is 0.336 e. The summed E-state index contributed by atoms with van der Waals surface area (Å²) in [6, 6.07) is 2.71. The topological polar surface area (TPSA) is 88.2 Å². The number of anilines is 1. The zero-order valence-corrected chi connectivity index (χ0v) is 12.1. The Morgan fingerprint density at radius 3 is 2.90 bits per heavy atom. The van der Waals surface area contributed by atoms with E-state index in [9.17, 15) is 9.18 Å². The molecule has 0 saturated carbocycles. The van der Waals surface area contributed by atoms with Gasteiger partial charge in [-0.2, -0.15) is 4.98 Å². The molecule has 1 aromatic heterocycles. The van der Waals surface area contributed by atoms with Crippen LogP contribution in [0, 0.1) is 12.7 Å². The van der Waals surface area contributed by atoms with E-state index in [1.54, 1.807) is 6.92 Å². The molecular weight excluding hydrogens is 333 g/mol. The van der Waals surface area contributed by atoms with E-state index < -0.39 is 11.8 Å². The van der Waals surface area contributed by atoms with Crippen LogP contribution in [0.15, 0.2) is 21.1 Å². The lowest BCUT2D eigenvalue weighted by molar-refractivity contribution is 0.0695. The molecule has 0 radical (unpaired) electrons. The van der Waals surface area contributed by atoms with Crippen LogP contribution < -0.4 is 5.32 Å². The molecule has 0 amide bonds. The van der Waals surface area contributed by atoms with E-state index in [-0.39, 0.29) is 15.7 Å². The second kappa shape index (κ2) is 6.00. The number of carboxylic acids is 1. The summed E-state index contributed by atoms with van der Waals surface area (Å²) in [4.78, 5) is 14.9. The van der Waals surface area contributed by atoms with Gasteiger partial charge in [0, 0.05) is 19.9 Å². The average Bonchev–Trinajstić information content (AvgIpc) is 2.80. The largest absolute Gasteiger partial charge is 0.478 e. The molecule has 2 N–H and O–H groups in total. The van der Waals surface area contributed by atoms with Crippen molar-refractivity contribution < 1.29 is 18.8 Å². The maximum absolute atomic E-state index is 13.9. The summed E-state index contributed by atoms with van der Waals surface area (Å²) >= 11 is 2.94. The molecule has 0 aliphatic heterocycles. The van der Waals surface area contributed by atoms with Crippen molar-refractivity contribution in [3.05, 3.63) is 39.7 Å². The highest BCUT2D eigenvalue weighted by Gasteiger charge is 2.15. The Hall–Kier alpha value is -1.96. The molecule has 2 rings (SSSR count). The maximum atomic E-state index is 13.9. The van der Waals surface area contributed by atoms with Crippen LogP contribution >= 0.6 is 15.9 Å². The molecule has 0 unspecified atom stereocenters. The Labute approximate surface area is 122 Å². The number of hydrogen-bond acceptors (Lipinski definition) is 5. The summed E-state index contributed by atoms with van der Waals surface area (Å²) in [5, 5.41) is 15.4. The number of carboxylic acid groups (broad SMARTS) is 1. The Bertz CT molecular complexity index is 645. The molecular formula is C12H11BrFN3O3. The molecule has 1 aromatic carbocycles. The van der Waals surface area contributed by atoms with Crippen molar-refractivity contribution in [3.63, 3.8) is 0 Å². The average molecular weight is 344 g/mol. The third kappa shape index (κ3) is 3.13. The van der Waals surface area contributed by atoms with Crippen molar-refractivity contribution >= 4 is 27.6 Å². The number of aryl methyl sites for hydroxylation is 1. The van der Waals surface area contributed by atoms with Crippen molar-refractivity contribution in [3.8, 4) is 0 Å². The van der Waals surface area contributed by atoms with Gasteiger partial charge in [-0.25, -0.2) is 9.18 Å². The number of nitrogens with one attached hydrogen (secondary N) is 1. The molecule has 2 aromatic rings. The zero-order chi connectivity index (χ0) is 14.7. The SMILES string of the molecule is Cc1nc(CCNc2ccc(C(=O)O)c(Br)c2F)no1. The van der Waals surface area contributed by atoms with E-state index in [4.69, 9.17) is 9.63 Å². The summed E-state index contributed by atoms with van der Waals surface area (Å²) in [6.45, 7) is 2.08. The first-order chi connectivity index (χ1) is 9.49. The Morgan fingerprint density at radius 2 is 2.30 bits per heavy atom. The highest BCUT2D eigenvalue weighted by molar-refractivity contribution is 9.10. The molecule has 0 saturated heterocycles. The van der Waals surface area contributed by atoms with Crippen LogP contribution in [-0.2, 0) is 6.42 Å². The molecule has 1 heterocycles. The third-order valence-corrected chi connectivity index (χ3v) is 3.32. The van der Waals surface area contributed by atoms with Crippen LogP contribution in [0.4, 0.5) is 10.1 Å². The number of aromatic nitrogens is 2. The van der Waals surface area contributed by atoms with Gasteiger partial charge in [0.15, 0.2) is 11.6 Å². The minimum atomic E-state index is -1.19. The molecule has 0 aliphatic carbocycles. The quantitative estimate of drug-likeness (QED) is 0.867. The van der Waals surface area contributed by atoms with Gasteiger partial charge in [0.05, 0.1) is 15.7 Å². The fraction of sp³-hybridized carbons (Fsp3) is 0.250. The highest BCUT2D eigenvalue weighted by atomic mass is 79.9. The second-order valence-electron chi connectivity index (χ2n) is 4.00. The van der Waals surface area contributed by atoms with E-state index in [1.807, 2.05) is 0 Å². The van der Waals surface area contributed by atoms with Crippen LogP contribution in [0.1, 0.15) is 22.1 Å². The predicted octanol–water partition coefficient (Wildman–Crippen LogP) is 2.63. The monoisotopic (exact) mass is 343 g/mol. The summed E-state index contributed by atoms with van der Waals surface area (Å²) in [5.74, 6) is -0.838. The summed E-state index contributed by atoms with van der Waals surface area (Å²) in [6.07, 6.45) is 0.467. The number of nitrogens with zero attached hydrogens (tertiary/aromatic N) is 2. The molecule has 0 spiro atoms. The fourth-order valence-electron chi connectivity index (χ4n) is 1.60. The Morgan fingerprint density at radius 1 is 1.55 bits per heavy atom. The predicted molar refractivity (Wildman–Crippen MR) is 72.3 cm³/mol. The first kappa shape index (κ1) is 14.4. The van der Waals surface area contributed by atoms with Gasteiger partial charge in [0.1, 0.15) is 0 Å². The van der Waals surface area contributed by atoms with Gasteiger partial charge >= 0.3 is 5.97 Å². The van der Waals surface area contributed by atoms with Gasteiger partial charge in [0.2, 0.25) is 5.89 Å². The molecule has 0 fully saturated rings. The molecule has 0 atom stereocenters. The molecule has 6 nitrogen and oxygen atoms in total. The molecule has 0 bridgehead atoms. The van der Waals surface area contributed by atoms with Gasteiger partial charge < -0.3 is 14.9 Å². The first-order valence-corrected chi connectivity index (χ1v) is 6.52. The number of halogens is 2. The molecule has 20 heavy (non-hydrogen) atoms. The van der Waals surface area contributed by atoms with Gasteiger partial charge in [-0.05, 0) is 28.1 Å². The van der Waals surface area contributed by atoms with E-state index in [0.29, 0.717) is 24.7 Å². The Kier molecular flexibility index (Phi) is 4.33. The number of rotatable bonds is 5. The van der Waals surface area contributed by atoms with Crippen molar-refractivity contribution in [1.82, 2.24) is 10.1 Å². The first-order valence-electron chi connectivity index (χ1n) is 5.73. The fourth-order valence-corrected chi connectivity index (χ4v) is 2.12. The lowest BCUT2D eigenvalue weighted by atomic mass is 10.2. The van der Waals surface area contributed by atoms with E-state index in [0.717, 1.165) is 0 Å².